The van der Waals surface area contributed by atoms with Gasteiger partial charge in [-0.2, -0.15) is 0 Å². The first-order valence-electron chi connectivity index (χ1n) is 3.21. The van der Waals surface area contributed by atoms with E-state index in [2.05, 4.69) is 36.8 Å². The number of rotatable bonds is 2. The van der Waals surface area contributed by atoms with Crippen molar-refractivity contribution >= 4 is 0 Å². The molecule has 0 aliphatic heterocycles. The summed E-state index contributed by atoms with van der Waals surface area (Å²) in [6.07, 6.45) is 2.90. The minimum Gasteiger partial charge on any atom is -0.377 e. The summed E-state index contributed by atoms with van der Waals surface area (Å²) in [6, 6.07) is 0. The zero-order chi connectivity index (χ0) is 8.53. The van der Waals surface area contributed by atoms with Crippen molar-refractivity contribution < 1.29 is 5.11 Å². The van der Waals surface area contributed by atoms with Crippen LogP contribution in [0.1, 0.15) is 6.42 Å². The summed E-state index contributed by atoms with van der Waals surface area (Å²) in [6.45, 7) is 6.85. The molecule has 0 radical (unpaired) electrons. The summed E-state index contributed by atoms with van der Waals surface area (Å²) in [5.74, 6) is 10.3. The second kappa shape index (κ2) is 6.68. The van der Waals surface area contributed by atoms with Crippen LogP contribution in [0.15, 0.2) is 25.3 Å². The number of aliphatic hydroxyl groups is 1. The molecule has 0 fully saturated rings. The molecule has 0 aromatic rings. The molecule has 0 aromatic heterocycles. The van der Waals surface area contributed by atoms with E-state index in [0.29, 0.717) is 6.42 Å². The van der Waals surface area contributed by atoms with Gasteiger partial charge < -0.3 is 5.11 Å². The third-order valence-corrected chi connectivity index (χ3v) is 0.841. The molecular weight excluding hydrogens is 136 g/mol. The van der Waals surface area contributed by atoms with E-state index >= 15 is 0 Å². The second-order valence-electron chi connectivity index (χ2n) is 1.74. The molecule has 56 valence electrons. The van der Waals surface area contributed by atoms with E-state index in [1.807, 2.05) is 0 Å². The SMILES string of the molecule is C=CCC#CC#CC(O)C=C. The van der Waals surface area contributed by atoms with Gasteiger partial charge in [0.15, 0.2) is 0 Å². The lowest BCUT2D eigenvalue weighted by atomic mass is 10.3. The van der Waals surface area contributed by atoms with Crippen molar-refractivity contribution in [2.24, 2.45) is 0 Å². The largest absolute Gasteiger partial charge is 0.377 e. The summed E-state index contributed by atoms with van der Waals surface area (Å²) >= 11 is 0. The van der Waals surface area contributed by atoms with Crippen LogP contribution < -0.4 is 0 Å². The maximum absolute atomic E-state index is 8.83. The highest BCUT2D eigenvalue weighted by Gasteiger charge is 1.83. The van der Waals surface area contributed by atoms with Gasteiger partial charge in [-0.05, 0) is 11.8 Å². The summed E-state index contributed by atoms with van der Waals surface area (Å²) < 4.78 is 0. The van der Waals surface area contributed by atoms with Gasteiger partial charge in [0.2, 0.25) is 0 Å². The molecule has 0 heterocycles. The molecule has 11 heavy (non-hydrogen) atoms. The summed E-state index contributed by atoms with van der Waals surface area (Å²) in [5.41, 5.74) is 0. The highest BCUT2D eigenvalue weighted by atomic mass is 16.3. The van der Waals surface area contributed by atoms with Crippen LogP contribution in [0.5, 0.6) is 0 Å². The lowest BCUT2D eigenvalue weighted by Gasteiger charge is -1.86. The van der Waals surface area contributed by atoms with E-state index in [4.69, 9.17) is 5.11 Å². The van der Waals surface area contributed by atoms with E-state index in [9.17, 15) is 0 Å². The van der Waals surface area contributed by atoms with E-state index < -0.39 is 6.10 Å². The number of hydrogen-bond donors (Lipinski definition) is 1. The zero-order valence-corrected chi connectivity index (χ0v) is 6.30. The molecule has 0 aliphatic rings. The lowest BCUT2D eigenvalue weighted by molar-refractivity contribution is 0.281. The molecule has 0 aromatic carbocycles. The van der Waals surface area contributed by atoms with Crippen LogP contribution in [0.25, 0.3) is 0 Å². The molecule has 0 amide bonds. The van der Waals surface area contributed by atoms with Crippen molar-refractivity contribution in [3.05, 3.63) is 25.3 Å². The normalized spacial score (nSPS) is 9.55. The van der Waals surface area contributed by atoms with Crippen LogP contribution in [-0.4, -0.2) is 11.2 Å². The van der Waals surface area contributed by atoms with Gasteiger partial charge in [-0.3, -0.25) is 0 Å². The summed E-state index contributed by atoms with van der Waals surface area (Å²) in [5, 5.41) is 8.83. The molecule has 1 unspecified atom stereocenters. The molecule has 0 rings (SSSR count). The van der Waals surface area contributed by atoms with Crippen molar-refractivity contribution in [2.75, 3.05) is 0 Å². The van der Waals surface area contributed by atoms with Crippen molar-refractivity contribution in [2.45, 2.75) is 12.5 Å². The molecule has 1 heteroatoms. The van der Waals surface area contributed by atoms with Gasteiger partial charge >= 0.3 is 0 Å². The van der Waals surface area contributed by atoms with Crippen LogP contribution in [0.4, 0.5) is 0 Å². The monoisotopic (exact) mass is 146 g/mol. The Hall–Kier alpha value is -1.44. The molecule has 0 saturated carbocycles. The van der Waals surface area contributed by atoms with E-state index in [-0.39, 0.29) is 0 Å². The Morgan fingerprint density at radius 3 is 2.64 bits per heavy atom. The standard InChI is InChI=1S/C10H10O/c1-3-5-6-7-8-9-10(11)4-2/h3-4,10-11H,1-2,5H2. The van der Waals surface area contributed by atoms with Gasteiger partial charge in [0.25, 0.3) is 0 Å². The van der Waals surface area contributed by atoms with E-state index in [0.717, 1.165) is 0 Å². The van der Waals surface area contributed by atoms with E-state index in [1.54, 1.807) is 6.08 Å². The third kappa shape index (κ3) is 6.45. The second-order valence-corrected chi connectivity index (χ2v) is 1.74. The number of allylic oxidation sites excluding steroid dienone is 1. The summed E-state index contributed by atoms with van der Waals surface area (Å²) in [4.78, 5) is 0. The molecule has 0 spiro atoms. The summed E-state index contributed by atoms with van der Waals surface area (Å²) in [7, 11) is 0. The van der Waals surface area contributed by atoms with Crippen molar-refractivity contribution in [3.63, 3.8) is 0 Å². The molecule has 1 nitrogen and oxygen atoms in total. The molecule has 1 N–H and O–H groups in total. The van der Waals surface area contributed by atoms with Crippen molar-refractivity contribution in [3.8, 4) is 23.7 Å². The fourth-order valence-electron chi connectivity index (χ4n) is 0.336. The van der Waals surface area contributed by atoms with Gasteiger partial charge in [-0.1, -0.05) is 30.6 Å². The maximum Gasteiger partial charge on any atom is 0.134 e. The van der Waals surface area contributed by atoms with Crippen molar-refractivity contribution in [1.82, 2.24) is 0 Å². The fourth-order valence-corrected chi connectivity index (χ4v) is 0.336. The average molecular weight is 146 g/mol. The Balaban J connectivity index is 3.82. The molecule has 0 aliphatic carbocycles. The van der Waals surface area contributed by atoms with Crippen molar-refractivity contribution in [1.29, 1.82) is 0 Å². The van der Waals surface area contributed by atoms with Crippen LogP contribution in [-0.2, 0) is 0 Å². The van der Waals surface area contributed by atoms with Gasteiger partial charge in [-0.15, -0.1) is 6.58 Å². The van der Waals surface area contributed by atoms with Crippen LogP contribution in [0.3, 0.4) is 0 Å². The minimum absolute atomic E-state index is 0.624. The Morgan fingerprint density at radius 2 is 2.09 bits per heavy atom. The highest BCUT2D eigenvalue weighted by molar-refractivity contribution is 5.29. The first kappa shape index (κ1) is 9.56. The number of hydrogen-bond acceptors (Lipinski definition) is 1. The Labute approximate surface area is 67.4 Å². The van der Waals surface area contributed by atoms with Crippen LogP contribution in [0, 0.1) is 23.7 Å². The van der Waals surface area contributed by atoms with Gasteiger partial charge in [0, 0.05) is 6.42 Å². The first-order valence-corrected chi connectivity index (χ1v) is 3.21. The third-order valence-electron chi connectivity index (χ3n) is 0.841. The zero-order valence-electron chi connectivity index (χ0n) is 6.30. The average Bonchev–Trinajstić information content (AvgIpc) is 2.04. The van der Waals surface area contributed by atoms with E-state index in [1.165, 1.54) is 6.08 Å². The lowest BCUT2D eigenvalue weighted by Crippen LogP contribution is -1.94. The van der Waals surface area contributed by atoms with Gasteiger partial charge in [0.1, 0.15) is 6.10 Å². The maximum atomic E-state index is 8.83. The van der Waals surface area contributed by atoms with Gasteiger partial charge in [-0.25, -0.2) is 0 Å². The van der Waals surface area contributed by atoms with Crippen LogP contribution in [0.2, 0.25) is 0 Å². The molecular formula is C10H10O. The Bertz CT molecular complexity index is 242. The Morgan fingerprint density at radius 1 is 1.36 bits per heavy atom. The molecule has 0 bridgehead atoms. The predicted octanol–water partition coefficient (Wildman–Crippen LogP) is 1.12. The minimum atomic E-state index is -0.770. The smallest absolute Gasteiger partial charge is 0.134 e. The highest BCUT2D eigenvalue weighted by Crippen LogP contribution is 1.77. The quantitative estimate of drug-likeness (QED) is 0.457. The molecule has 1 atom stereocenters. The molecule has 0 saturated heterocycles. The fraction of sp³-hybridized carbons (Fsp3) is 0.200. The predicted molar refractivity (Wildman–Crippen MR) is 46.6 cm³/mol. The topological polar surface area (TPSA) is 20.2 Å². The Kier molecular flexibility index (Phi) is 5.80. The van der Waals surface area contributed by atoms with Gasteiger partial charge in [0.05, 0.1) is 0 Å². The first-order chi connectivity index (χ1) is 5.31. The van der Waals surface area contributed by atoms with Crippen LogP contribution >= 0.6 is 0 Å². The number of aliphatic hydroxyl groups excluding tert-OH is 1.